The van der Waals surface area contributed by atoms with E-state index in [4.69, 9.17) is 23.2 Å². The molecular weight excluding hydrogens is 577 g/mol. The molecule has 0 bridgehead atoms. The number of benzene rings is 2. The Bertz CT molecular complexity index is 1410. The van der Waals surface area contributed by atoms with E-state index in [0.717, 1.165) is 29.3 Å². The average Bonchev–Trinajstić information content (AvgIpc) is 3.52. The summed E-state index contributed by atoms with van der Waals surface area (Å²) in [5.41, 5.74) is 0. The van der Waals surface area contributed by atoms with Gasteiger partial charge in [0.1, 0.15) is 10.9 Å². The number of nitrogens with one attached hydrogen (secondary N) is 3. The maximum atomic E-state index is 13.2. The Balaban J connectivity index is 1.34. The van der Waals surface area contributed by atoms with E-state index >= 15 is 0 Å². The molecule has 3 N–H and O–H groups in total. The highest BCUT2D eigenvalue weighted by molar-refractivity contribution is 7.89. The minimum Gasteiger partial charge on any atom is -0.354 e. The van der Waals surface area contributed by atoms with Gasteiger partial charge in [0.2, 0.25) is 15.9 Å². The van der Waals surface area contributed by atoms with Crippen LogP contribution in [-0.4, -0.2) is 39.4 Å². The molecule has 1 aromatic heterocycles. The second-order valence-corrected chi connectivity index (χ2v) is 14.1. The molecule has 1 heterocycles. The van der Waals surface area contributed by atoms with Crippen molar-refractivity contribution in [2.24, 2.45) is 17.8 Å². The molecule has 0 spiro atoms. The van der Waals surface area contributed by atoms with Gasteiger partial charge in [-0.15, -0.1) is 11.3 Å². The van der Waals surface area contributed by atoms with Crippen molar-refractivity contribution in [2.45, 2.75) is 50.5 Å². The smallest absolute Gasteiger partial charge is 0.262 e. The summed E-state index contributed by atoms with van der Waals surface area (Å²) in [4.78, 5) is 26.7. The summed E-state index contributed by atoms with van der Waals surface area (Å²) in [6.07, 6.45) is 3.21. The zero-order chi connectivity index (χ0) is 28.2. The molecule has 0 radical (unpaired) electrons. The Hall–Kier alpha value is -2.17. The largest absolute Gasteiger partial charge is 0.354 e. The van der Waals surface area contributed by atoms with Crippen molar-refractivity contribution in [2.75, 3.05) is 13.1 Å². The fourth-order valence-corrected chi connectivity index (χ4v) is 7.85. The highest BCUT2D eigenvalue weighted by atomic mass is 35.5. The van der Waals surface area contributed by atoms with E-state index in [2.05, 4.69) is 15.4 Å². The molecule has 3 atom stereocenters. The van der Waals surface area contributed by atoms with Gasteiger partial charge in [-0.25, -0.2) is 13.1 Å². The molecule has 11 heteroatoms. The van der Waals surface area contributed by atoms with Gasteiger partial charge in [0.05, 0.1) is 9.90 Å². The molecule has 210 valence electrons. The quantitative estimate of drug-likeness (QED) is 0.253. The van der Waals surface area contributed by atoms with Crippen LogP contribution >= 0.6 is 34.5 Å². The SMILES string of the molecule is CC(C)CC(NC(=O)c1cc2ccccc2s1)C(=O)NCC1CCCC1CNS(=O)(=O)c1ccc(Cl)cc1Cl. The van der Waals surface area contributed by atoms with Crippen LogP contribution in [0, 0.1) is 17.8 Å². The van der Waals surface area contributed by atoms with Gasteiger partial charge in [0, 0.05) is 22.8 Å². The zero-order valence-corrected chi connectivity index (χ0v) is 25.0. The Kier molecular flexibility index (Phi) is 9.93. The molecule has 3 unspecified atom stereocenters. The number of thiophene rings is 1. The number of sulfonamides is 1. The first-order valence-electron chi connectivity index (χ1n) is 13.1. The van der Waals surface area contributed by atoms with Crippen molar-refractivity contribution in [3.63, 3.8) is 0 Å². The average molecular weight is 611 g/mol. The van der Waals surface area contributed by atoms with Crippen LogP contribution in [0.5, 0.6) is 0 Å². The van der Waals surface area contributed by atoms with Crippen LogP contribution in [0.4, 0.5) is 0 Å². The van der Waals surface area contributed by atoms with Crippen molar-refractivity contribution >= 4 is 66.5 Å². The molecule has 2 aromatic carbocycles. The molecule has 0 aliphatic heterocycles. The lowest BCUT2D eigenvalue weighted by molar-refractivity contribution is -0.123. The lowest BCUT2D eigenvalue weighted by atomic mass is 9.96. The van der Waals surface area contributed by atoms with E-state index in [1.165, 1.54) is 29.5 Å². The molecule has 1 aliphatic rings. The van der Waals surface area contributed by atoms with Crippen molar-refractivity contribution in [1.82, 2.24) is 15.4 Å². The maximum absolute atomic E-state index is 13.2. The van der Waals surface area contributed by atoms with Crippen LogP contribution < -0.4 is 15.4 Å². The summed E-state index contributed by atoms with van der Waals surface area (Å²) < 4.78 is 29.3. The van der Waals surface area contributed by atoms with Gasteiger partial charge < -0.3 is 10.6 Å². The van der Waals surface area contributed by atoms with Crippen molar-refractivity contribution in [1.29, 1.82) is 0 Å². The van der Waals surface area contributed by atoms with Gasteiger partial charge in [-0.3, -0.25) is 9.59 Å². The van der Waals surface area contributed by atoms with Crippen LogP contribution in [0.1, 0.15) is 49.2 Å². The van der Waals surface area contributed by atoms with E-state index in [1.54, 1.807) is 0 Å². The van der Waals surface area contributed by atoms with Crippen molar-refractivity contribution in [3.05, 3.63) is 63.5 Å². The molecule has 1 aliphatic carbocycles. The van der Waals surface area contributed by atoms with Gasteiger partial charge >= 0.3 is 0 Å². The number of fused-ring (bicyclic) bond motifs is 1. The summed E-state index contributed by atoms with van der Waals surface area (Å²) in [6, 6.07) is 13.3. The topological polar surface area (TPSA) is 104 Å². The predicted octanol–water partition coefficient (Wildman–Crippen LogP) is 5.86. The number of amides is 2. The van der Waals surface area contributed by atoms with Crippen LogP contribution in [0.3, 0.4) is 0 Å². The highest BCUT2D eigenvalue weighted by Crippen LogP contribution is 2.32. The monoisotopic (exact) mass is 609 g/mol. The lowest BCUT2D eigenvalue weighted by Crippen LogP contribution is -2.48. The van der Waals surface area contributed by atoms with Crippen LogP contribution in [0.15, 0.2) is 53.4 Å². The van der Waals surface area contributed by atoms with Crippen LogP contribution in [0.25, 0.3) is 10.1 Å². The number of hydrogen-bond acceptors (Lipinski definition) is 5. The van der Waals surface area contributed by atoms with Gasteiger partial charge in [-0.05, 0) is 72.7 Å². The van der Waals surface area contributed by atoms with Crippen molar-refractivity contribution in [3.8, 4) is 0 Å². The Morgan fingerprint density at radius 1 is 1.03 bits per heavy atom. The molecule has 1 fully saturated rings. The predicted molar refractivity (Wildman–Crippen MR) is 158 cm³/mol. The molecule has 1 saturated carbocycles. The summed E-state index contributed by atoms with van der Waals surface area (Å²) in [7, 11) is -3.80. The third kappa shape index (κ3) is 7.73. The van der Waals surface area contributed by atoms with Crippen LogP contribution in [-0.2, 0) is 14.8 Å². The fourth-order valence-electron chi connectivity index (χ4n) is 5.02. The molecule has 7 nitrogen and oxygen atoms in total. The highest BCUT2D eigenvalue weighted by Gasteiger charge is 2.31. The van der Waals surface area contributed by atoms with E-state index < -0.39 is 16.1 Å². The molecule has 2 amide bonds. The number of halogens is 2. The third-order valence-electron chi connectivity index (χ3n) is 7.05. The van der Waals surface area contributed by atoms with E-state index in [-0.39, 0.29) is 46.0 Å². The molecular formula is C28H33Cl2N3O4S2. The molecule has 3 aromatic rings. The van der Waals surface area contributed by atoms with E-state index in [0.29, 0.717) is 22.9 Å². The zero-order valence-electron chi connectivity index (χ0n) is 21.9. The second kappa shape index (κ2) is 13.0. The summed E-state index contributed by atoms with van der Waals surface area (Å²) >= 11 is 13.4. The minimum absolute atomic E-state index is 0.0117. The summed E-state index contributed by atoms with van der Waals surface area (Å²) in [6.45, 7) is 4.69. The molecule has 0 saturated heterocycles. The standard InChI is InChI=1S/C28H33Cl2N3O4S2/c1-17(2)12-23(33-28(35)25-13-18-6-3-4-9-24(18)38-25)27(34)31-15-19-7-5-8-20(19)16-32-39(36,37)26-11-10-21(29)14-22(26)30/h3-4,6,9-11,13-14,17,19-20,23,32H,5,7-8,12,15-16H2,1-2H3,(H,31,34)(H,33,35). The first kappa shape index (κ1) is 29.8. The van der Waals surface area contributed by atoms with Gasteiger partial charge in [-0.2, -0.15) is 0 Å². The first-order chi connectivity index (χ1) is 18.5. The number of carbonyl (C=O) groups excluding carboxylic acids is 2. The van der Waals surface area contributed by atoms with Gasteiger partial charge in [0.15, 0.2) is 0 Å². The van der Waals surface area contributed by atoms with E-state index in [9.17, 15) is 18.0 Å². The maximum Gasteiger partial charge on any atom is 0.262 e. The Morgan fingerprint density at radius 2 is 1.74 bits per heavy atom. The number of carbonyl (C=O) groups is 2. The first-order valence-corrected chi connectivity index (χ1v) is 16.1. The van der Waals surface area contributed by atoms with Crippen LogP contribution in [0.2, 0.25) is 10.0 Å². The van der Waals surface area contributed by atoms with Gasteiger partial charge in [-0.1, -0.05) is 61.7 Å². The minimum atomic E-state index is -3.80. The van der Waals surface area contributed by atoms with Gasteiger partial charge in [0.25, 0.3) is 5.91 Å². The summed E-state index contributed by atoms with van der Waals surface area (Å²) in [5.74, 6) is -0.0849. The van der Waals surface area contributed by atoms with Crippen molar-refractivity contribution < 1.29 is 18.0 Å². The lowest BCUT2D eigenvalue weighted by Gasteiger charge is -2.24. The summed E-state index contributed by atoms with van der Waals surface area (Å²) in [5, 5.41) is 7.38. The number of rotatable bonds is 11. The Labute approximate surface area is 243 Å². The van der Waals surface area contributed by atoms with E-state index in [1.807, 2.05) is 44.2 Å². The fraction of sp³-hybridized carbons (Fsp3) is 0.429. The normalized spacial score (nSPS) is 18.4. The Morgan fingerprint density at radius 3 is 2.44 bits per heavy atom. The number of hydrogen-bond donors (Lipinski definition) is 3. The molecule has 4 rings (SSSR count). The molecule has 39 heavy (non-hydrogen) atoms. The second-order valence-electron chi connectivity index (χ2n) is 10.4. The third-order valence-corrected chi connectivity index (χ3v) is 10.3.